The fourth-order valence-electron chi connectivity index (χ4n) is 1.96. The highest BCUT2D eigenvalue weighted by Crippen LogP contribution is 2.36. The average Bonchev–Trinajstić information content (AvgIpc) is 2.58. The molecular weight excluding hydrogens is 176 g/mol. The van der Waals surface area contributed by atoms with Crippen molar-refractivity contribution in [2.75, 3.05) is 18.9 Å². The van der Waals surface area contributed by atoms with Gasteiger partial charge in [-0.05, 0) is 18.6 Å². The lowest BCUT2D eigenvalue weighted by Crippen LogP contribution is -2.42. The zero-order chi connectivity index (χ0) is 10.2. The SMILES string of the molecule is CNC(=O)C1(C)CNc2ccccc21. The molecule has 3 nitrogen and oxygen atoms in total. The number of para-hydroxylation sites is 1. The van der Waals surface area contributed by atoms with Gasteiger partial charge >= 0.3 is 0 Å². The minimum Gasteiger partial charge on any atom is -0.383 e. The van der Waals surface area contributed by atoms with Gasteiger partial charge in [-0.15, -0.1) is 0 Å². The molecule has 0 saturated heterocycles. The summed E-state index contributed by atoms with van der Waals surface area (Å²) >= 11 is 0. The molecule has 0 radical (unpaired) electrons. The van der Waals surface area contributed by atoms with E-state index in [0.717, 1.165) is 11.3 Å². The minimum atomic E-state index is -0.425. The van der Waals surface area contributed by atoms with Crippen LogP contribution in [0.25, 0.3) is 0 Å². The smallest absolute Gasteiger partial charge is 0.231 e. The number of fused-ring (bicyclic) bond motifs is 1. The van der Waals surface area contributed by atoms with E-state index in [2.05, 4.69) is 10.6 Å². The Balaban J connectivity index is 2.47. The molecule has 1 unspecified atom stereocenters. The Morgan fingerprint density at radius 1 is 1.50 bits per heavy atom. The van der Waals surface area contributed by atoms with Gasteiger partial charge in [0.2, 0.25) is 5.91 Å². The Morgan fingerprint density at radius 2 is 2.21 bits per heavy atom. The van der Waals surface area contributed by atoms with E-state index in [4.69, 9.17) is 0 Å². The van der Waals surface area contributed by atoms with Gasteiger partial charge < -0.3 is 10.6 Å². The molecule has 14 heavy (non-hydrogen) atoms. The van der Waals surface area contributed by atoms with Crippen LogP contribution in [-0.4, -0.2) is 19.5 Å². The summed E-state index contributed by atoms with van der Waals surface area (Å²) in [6.07, 6.45) is 0. The first-order chi connectivity index (χ1) is 6.68. The summed E-state index contributed by atoms with van der Waals surface area (Å²) in [6.45, 7) is 2.64. The van der Waals surface area contributed by atoms with Gasteiger partial charge in [-0.2, -0.15) is 0 Å². The van der Waals surface area contributed by atoms with Crippen molar-refractivity contribution in [3.05, 3.63) is 29.8 Å². The molecular formula is C11H14N2O. The van der Waals surface area contributed by atoms with Gasteiger partial charge in [0, 0.05) is 19.3 Å². The maximum absolute atomic E-state index is 11.7. The van der Waals surface area contributed by atoms with E-state index in [9.17, 15) is 4.79 Å². The van der Waals surface area contributed by atoms with Crippen LogP contribution >= 0.6 is 0 Å². The molecule has 2 rings (SSSR count). The summed E-state index contributed by atoms with van der Waals surface area (Å²) in [5, 5.41) is 5.95. The van der Waals surface area contributed by atoms with Crippen molar-refractivity contribution in [2.24, 2.45) is 0 Å². The third-order valence-corrected chi connectivity index (χ3v) is 2.88. The fourth-order valence-corrected chi connectivity index (χ4v) is 1.96. The first-order valence-electron chi connectivity index (χ1n) is 4.74. The van der Waals surface area contributed by atoms with Crippen LogP contribution in [-0.2, 0) is 10.2 Å². The molecule has 0 aromatic heterocycles. The lowest BCUT2D eigenvalue weighted by Gasteiger charge is -2.21. The van der Waals surface area contributed by atoms with Crippen molar-refractivity contribution < 1.29 is 4.79 Å². The van der Waals surface area contributed by atoms with Crippen LogP contribution in [0, 0.1) is 0 Å². The van der Waals surface area contributed by atoms with Gasteiger partial charge in [0.25, 0.3) is 0 Å². The number of carbonyl (C=O) groups excluding carboxylic acids is 1. The van der Waals surface area contributed by atoms with E-state index in [1.165, 1.54) is 0 Å². The van der Waals surface area contributed by atoms with E-state index >= 15 is 0 Å². The van der Waals surface area contributed by atoms with Gasteiger partial charge in [0.05, 0.1) is 5.41 Å². The third-order valence-electron chi connectivity index (χ3n) is 2.88. The summed E-state index contributed by atoms with van der Waals surface area (Å²) in [7, 11) is 1.68. The first kappa shape index (κ1) is 9.06. The van der Waals surface area contributed by atoms with Crippen LogP contribution < -0.4 is 10.6 Å². The quantitative estimate of drug-likeness (QED) is 0.696. The van der Waals surface area contributed by atoms with Crippen molar-refractivity contribution in [1.82, 2.24) is 5.32 Å². The number of benzene rings is 1. The number of likely N-dealkylation sites (N-methyl/N-ethyl adjacent to an activating group) is 1. The molecule has 3 heteroatoms. The predicted molar refractivity (Wildman–Crippen MR) is 56.4 cm³/mol. The molecule has 0 fully saturated rings. The van der Waals surface area contributed by atoms with Crippen LogP contribution in [0.2, 0.25) is 0 Å². The zero-order valence-electron chi connectivity index (χ0n) is 8.42. The topological polar surface area (TPSA) is 41.1 Å². The monoisotopic (exact) mass is 190 g/mol. The fraction of sp³-hybridized carbons (Fsp3) is 0.364. The number of hydrogen-bond acceptors (Lipinski definition) is 2. The van der Waals surface area contributed by atoms with Crippen molar-refractivity contribution >= 4 is 11.6 Å². The molecule has 1 atom stereocenters. The van der Waals surface area contributed by atoms with Crippen LogP contribution in [0.15, 0.2) is 24.3 Å². The summed E-state index contributed by atoms with van der Waals surface area (Å²) in [4.78, 5) is 11.7. The molecule has 1 amide bonds. The van der Waals surface area contributed by atoms with E-state index in [1.54, 1.807) is 7.05 Å². The number of nitrogens with one attached hydrogen (secondary N) is 2. The minimum absolute atomic E-state index is 0.0648. The normalized spacial score (nSPS) is 23.9. The van der Waals surface area contributed by atoms with Crippen molar-refractivity contribution in [1.29, 1.82) is 0 Å². The largest absolute Gasteiger partial charge is 0.383 e. The van der Waals surface area contributed by atoms with Crippen molar-refractivity contribution in [3.8, 4) is 0 Å². The van der Waals surface area contributed by atoms with Gasteiger partial charge in [-0.1, -0.05) is 18.2 Å². The molecule has 0 bridgehead atoms. The Hall–Kier alpha value is -1.51. The van der Waals surface area contributed by atoms with Gasteiger partial charge in [0.1, 0.15) is 0 Å². The van der Waals surface area contributed by atoms with Crippen molar-refractivity contribution in [3.63, 3.8) is 0 Å². The molecule has 1 heterocycles. The second-order valence-electron chi connectivity index (χ2n) is 3.81. The highest BCUT2D eigenvalue weighted by atomic mass is 16.2. The Bertz CT molecular complexity index is 375. The maximum atomic E-state index is 11.7. The molecule has 0 aliphatic carbocycles. The van der Waals surface area contributed by atoms with Gasteiger partial charge in [0.15, 0.2) is 0 Å². The van der Waals surface area contributed by atoms with E-state index in [0.29, 0.717) is 6.54 Å². The molecule has 2 N–H and O–H groups in total. The second kappa shape index (κ2) is 3.01. The molecule has 1 aromatic carbocycles. The number of rotatable bonds is 1. The van der Waals surface area contributed by atoms with Gasteiger partial charge in [-0.25, -0.2) is 0 Å². The summed E-state index contributed by atoms with van der Waals surface area (Å²) < 4.78 is 0. The number of anilines is 1. The Morgan fingerprint density at radius 3 is 2.93 bits per heavy atom. The maximum Gasteiger partial charge on any atom is 0.231 e. The molecule has 1 aliphatic heterocycles. The molecule has 0 spiro atoms. The summed E-state index contributed by atoms with van der Waals surface area (Å²) in [5.41, 5.74) is 1.73. The number of carbonyl (C=O) groups is 1. The van der Waals surface area contributed by atoms with E-state index in [-0.39, 0.29) is 5.91 Å². The van der Waals surface area contributed by atoms with Gasteiger partial charge in [-0.3, -0.25) is 4.79 Å². The number of amides is 1. The zero-order valence-corrected chi connectivity index (χ0v) is 8.42. The van der Waals surface area contributed by atoms with Crippen LogP contribution in [0.1, 0.15) is 12.5 Å². The lowest BCUT2D eigenvalue weighted by molar-refractivity contribution is -0.125. The van der Waals surface area contributed by atoms with Crippen LogP contribution in [0.4, 0.5) is 5.69 Å². The van der Waals surface area contributed by atoms with Crippen LogP contribution in [0.5, 0.6) is 0 Å². The third kappa shape index (κ3) is 1.09. The lowest BCUT2D eigenvalue weighted by atomic mass is 9.83. The number of hydrogen-bond donors (Lipinski definition) is 2. The average molecular weight is 190 g/mol. The highest BCUT2D eigenvalue weighted by Gasteiger charge is 2.40. The predicted octanol–water partition coefficient (Wildman–Crippen LogP) is 1.12. The summed E-state index contributed by atoms with van der Waals surface area (Å²) in [6, 6.07) is 7.95. The summed E-state index contributed by atoms with van der Waals surface area (Å²) in [5.74, 6) is 0.0648. The second-order valence-corrected chi connectivity index (χ2v) is 3.81. The van der Waals surface area contributed by atoms with Crippen molar-refractivity contribution in [2.45, 2.75) is 12.3 Å². The molecule has 74 valence electrons. The molecule has 1 aromatic rings. The van der Waals surface area contributed by atoms with E-state index < -0.39 is 5.41 Å². The standard InChI is InChI=1S/C11H14N2O/c1-11(10(14)12-2)7-13-9-6-4-3-5-8(9)11/h3-6,13H,7H2,1-2H3,(H,12,14). The highest BCUT2D eigenvalue weighted by molar-refractivity contribution is 5.92. The molecule has 1 aliphatic rings. The Kier molecular flexibility index (Phi) is 1.95. The van der Waals surface area contributed by atoms with Crippen LogP contribution in [0.3, 0.4) is 0 Å². The Labute approximate surface area is 83.5 Å². The van der Waals surface area contributed by atoms with E-state index in [1.807, 2.05) is 31.2 Å². The molecule has 0 saturated carbocycles. The first-order valence-corrected chi connectivity index (χ1v) is 4.74.